The lowest BCUT2D eigenvalue weighted by molar-refractivity contribution is -0.128. The van der Waals surface area contributed by atoms with E-state index in [4.69, 9.17) is 0 Å². The molecule has 0 spiro atoms. The highest BCUT2D eigenvalue weighted by Crippen LogP contribution is 2.18. The maximum absolute atomic E-state index is 12.3. The molecule has 1 aromatic rings. The number of piperidine rings is 1. The molecule has 0 aliphatic carbocycles. The van der Waals surface area contributed by atoms with Crippen molar-refractivity contribution in [1.82, 2.24) is 10.2 Å². The lowest BCUT2D eigenvalue weighted by Crippen LogP contribution is -2.43. The molecule has 0 radical (unpaired) electrons. The number of rotatable bonds is 4. The van der Waals surface area contributed by atoms with Gasteiger partial charge in [0.15, 0.2) is 0 Å². The number of hydrogen-bond acceptors (Lipinski definition) is 3. The lowest BCUT2D eigenvalue weighted by Gasteiger charge is -2.24. The van der Waals surface area contributed by atoms with Gasteiger partial charge in [-0.1, -0.05) is 24.6 Å². The van der Waals surface area contributed by atoms with E-state index in [1.165, 1.54) is 6.92 Å². The number of para-hydroxylation sites is 1. The Hall–Kier alpha value is -1.88. The fourth-order valence-corrected chi connectivity index (χ4v) is 2.44. The maximum Gasteiger partial charge on any atom is 0.241 e. The van der Waals surface area contributed by atoms with Gasteiger partial charge >= 0.3 is 0 Å². The molecule has 1 atom stereocenters. The number of anilines is 1. The number of nitrogens with zero attached hydrogens (tertiary/aromatic N) is 1. The van der Waals surface area contributed by atoms with Gasteiger partial charge in [0, 0.05) is 26.2 Å². The van der Waals surface area contributed by atoms with Crippen LogP contribution in [0.5, 0.6) is 0 Å². The third kappa shape index (κ3) is 4.29. The standard InChI is InChI=1S/C16H23N3O2/c1-12(20)19(2)11-13-7-3-4-8-14(13)18-16(21)15-9-5-6-10-17-15/h3-4,7-8,15,17H,5-6,9-11H2,1-2H3,(H,18,21). The van der Waals surface area contributed by atoms with Gasteiger partial charge in [-0.3, -0.25) is 9.59 Å². The average Bonchev–Trinajstić information content (AvgIpc) is 2.50. The van der Waals surface area contributed by atoms with Gasteiger partial charge in [-0.05, 0) is 31.0 Å². The quantitative estimate of drug-likeness (QED) is 0.887. The second-order valence-corrected chi connectivity index (χ2v) is 5.52. The van der Waals surface area contributed by atoms with Gasteiger partial charge in [0.2, 0.25) is 11.8 Å². The predicted molar refractivity (Wildman–Crippen MR) is 82.9 cm³/mol. The van der Waals surface area contributed by atoms with Gasteiger partial charge < -0.3 is 15.5 Å². The maximum atomic E-state index is 12.3. The molecule has 1 aliphatic heterocycles. The molecule has 114 valence electrons. The smallest absolute Gasteiger partial charge is 0.241 e. The third-order valence-electron chi connectivity index (χ3n) is 3.85. The minimum atomic E-state index is -0.114. The molecule has 2 N–H and O–H groups in total. The Kier molecular flexibility index (Phi) is 5.33. The zero-order valence-corrected chi connectivity index (χ0v) is 12.7. The van der Waals surface area contributed by atoms with Crippen molar-refractivity contribution in [3.8, 4) is 0 Å². The van der Waals surface area contributed by atoms with Crippen LogP contribution in [0.2, 0.25) is 0 Å². The SMILES string of the molecule is CC(=O)N(C)Cc1ccccc1NC(=O)C1CCCCN1. The van der Waals surface area contributed by atoms with Crippen LogP contribution in [-0.2, 0) is 16.1 Å². The van der Waals surface area contributed by atoms with Crippen molar-refractivity contribution in [2.75, 3.05) is 18.9 Å². The molecule has 1 saturated heterocycles. The molecule has 2 amide bonds. The Bertz CT molecular complexity index is 510. The summed E-state index contributed by atoms with van der Waals surface area (Å²) >= 11 is 0. The zero-order chi connectivity index (χ0) is 15.2. The monoisotopic (exact) mass is 289 g/mol. The zero-order valence-electron chi connectivity index (χ0n) is 12.7. The second-order valence-electron chi connectivity index (χ2n) is 5.52. The minimum absolute atomic E-state index is 0.00470. The first-order chi connectivity index (χ1) is 10.1. The van der Waals surface area contributed by atoms with E-state index in [0.717, 1.165) is 37.1 Å². The molecule has 0 bridgehead atoms. The van der Waals surface area contributed by atoms with E-state index in [2.05, 4.69) is 10.6 Å². The van der Waals surface area contributed by atoms with E-state index in [1.807, 2.05) is 24.3 Å². The third-order valence-corrected chi connectivity index (χ3v) is 3.85. The molecule has 5 heteroatoms. The summed E-state index contributed by atoms with van der Waals surface area (Å²) in [7, 11) is 1.75. The van der Waals surface area contributed by atoms with E-state index in [-0.39, 0.29) is 17.9 Å². The van der Waals surface area contributed by atoms with Gasteiger partial charge in [0.25, 0.3) is 0 Å². The minimum Gasteiger partial charge on any atom is -0.342 e. The van der Waals surface area contributed by atoms with E-state index in [0.29, 0.717) is 6.54 Å². The lowest BCUT2D eigenvalue weighted by atomic mass is 10.0. The number of nitrogens with one attached hydrogen (secondary N) is 2. The summed E-state index contributed by atoms with van der Waals surface area (Å²) in [5.41, 5.74) is 1.72. The molecule has 1 aromatic carbocycles. The van der Waals surface area contributed by atoms with Gasteiger partial charge in [0.1, 0.15) is 0 Å². The number of benzene rings is 1. The van der Waals surface area contributed by atoms with Crippen LogP contribution in [0.25, 0.3) is 0 Å². The summed E-state index contributed by atoms with van der Waals surface area (Å²) in [6.07, 6.45) is 3.09. The number of hydrogen-bond donors (Lipinski definition) is 2. The number of amides is 2. The van der Waals surface area contributed by atoms with Crippen LogP contribution in [0.4, 0.5) is 5.69 Å². The van der Waals surface area contributed by atoms with Crippen LogP contribution in [0, 0.1) is 0 Å². The second kappa shape index (κ2) is 7.22. The summed E-state index contributed by atoms with van der Waals surface area (Å²) in [6.45, 7) is 2.92. The van der Waals surface area contributed by atoms with Crippen molar-refractivity contribution in [3.63, 3.8) is 0 Å². The molecule has 21 heavy (non-hydrogen) atoms. The Balaban J connectivity index is 2.05. The Morgan fingerprint density at radius 2 is 2.10 bits per heavy atom. The number of carbonyl (C=O) groups excluding carboxylic acids is 2. The molecule has 0 saturated carbocycles. The normalized spacial score (nSPS) is 18.1. The van der Waals surface area contributed by atoms with Crippen molar-refractivity contribution < 1.29 is 9.59 Å². The highest BCUT2D eigenvalue weighted by atomic mass is 16.2. The van der Waals surface area contributed by atoms with Crippen LogP contribution in [0.3, 0.4) is 0 Å². The summed E-state index contributed by atoms with van der Waals surface area (Å²) in [5.74, 6) is 0.0118. The summed E-state index contributed by atoms with van der Waals surface area (Å²) in [6, 6.07) is 7.50. The van der Waals surface area contributed by atoms with Gasteiger partial charge in [-0.2, -0.15) is 0 Å². The first-order valence-corrected chi connectivity index (χ1v) is 7.42. The highest BCUT2D eigenvalue weighted by Gasteiger charge is 2.21. The van der Waals surface area contributed by atoms with Crippen LogP contribution in [0.1, 0.15) is 31.7 Å². The molecule has 1 unspecified atom stereocenters. The van der Waals surface area contributed by atoms with Gasteiger partial charge in [-0.15, -0.1) is 0 Å². The van der Waals surface area contributed by atoms with Crippen LogP contribution in [-0.4, -0.2) is 36.3 Å². The van der Waals surface area contributed by atoms with Crippen molar-refractivity contribution >= 4 is 17.5 Å². The van der Waals surface area contributed by atoms with Crippen LogP contribution in [0.15, 0.2) is 24.3 Å². The molecular weight excluding hydrogens is 266 g/mol. The van der Waals surface area contributed by atoms with Crippen molar-refractivity contribution in [3.05, 3.63) is 29.8 Å². The van der Waals surface area contributed by atoms with Crippen LogP contribution >= 0.6 is 0 Å². The molecule has 2 rings (SSSR count). The van der Waals surface area contributed by atoms with E-state index in [9.17, 15) is 9.59 Å². The van der Waals surface area contributed by atoms with Gasteiger partial charge in [0.05, 0.1) is 6.04 Å². The van der Waals surface area contributed by atoms with Crippen molar-refractivity contribution in [2.24, 2.45) is 0 Å². The highest BCUT2D eigenvalue weighted by molar-refractivity contribution is 5.95. The summed E-state index contributed by atoms with van der Waals surface area (Å²) < 4.78 is 0. The Morgan fingerprint density at radius 1 is 1.33 bits per heavy atom. The Morgan fingerprint density at radius 3 is 2.76 bits per heavy atom. The molecule has 1 heterocycles. The average molecular weight is 289 g/mol. The Labute approximate surface area is 125 Å². The van der Waals surface area contributed by atoms with Crippen molar-refractivity contribution in [2.45, 2.75) is 38.8 Å². The largest absolute Gasteiger partial charge is 0.342 e. The molecule has 0 aromatic heterocycles. The van der Waals surface area contributed by atoms with E-state index < -0.39 is 0 Å². The summed E-state index contributed by atoms with van der Waals surface area (Å²) in [4.78, 5) is 25.3. The summed E-state index contributed by atoms with van der Waals surface area (Å²) in [5, 5.41) is 6.23. The fourth-order valence-electron chi connectivity index (χ4n) is 2.44. The first-order valence-electron chi connectivity index (χ1n) is 7.42. The van der Waals surface area contributed by atoms with Crippen LogP contribution < -0.4 is 10.6 Å². The van der Waals surface area contributed by atoms with Gasteiger partial charge in [-0.25, -0.2) is 0 Å². The fraction of sp³-hybridized carbons (Fsp3) is 0.500. The van der Waals surface area contributed by atoms with E-state index >= 15 is 0 Å². The molecular formula is C16H23N3O2. The van der Waals surface area contributed by atoms with E-state index in [1.54, 1.807) is 11.9 Å². The molecule has 5 nitrogen and oxygen atoms in total. The van der Waals surface area contributed by atoms with Crippen molar-refractivity contribution in [1.29, 1.82) is 0 Å². The molecule has 1 aliphatic rings. The topological polar surface area (TPSA) is 61.4 Å². The number of carbonyl (C=O) groups is 2. The predicted octanol–water partition coefficient (Wildman–Crippen LogP) is 1.75. The molecule has 1 fully saturated rings. The first kappa shape index (κ1) is 15.5.